The normalized spacial score (nSPS) is 10.7. The molecule has 0 aliphatic carbocycles. The lowest BCUT2D eigenvalue weighted by Gasteiger charge is -1.99. The van der Waals surface area contributed by atoms with Crippen molar-refractivity contribution in [3.05, 3.63) is 30.3 Å². The number of aromatic nitrogens is 2. The fourth-order valence-corrected chi connectivity index (χ4v) is 1.39. The molecular formula is C10H13N3O. The summed E-state index contributed by atoms with van der Waals surface area (Å²) in [6.45, 7) is 3.45. The molecule has 0 spiro atoms. The Labute approximate surface area is 82.4 Å². The molecule has 2 aromatic heterocycles. The van der Waals surface area contributed by atoms with E-state index in [0.717, 1.165) is 23.7 Å². The van der Waals surface area contributed by atoms with Crippen LogP contribution in [0.3, 0.4) is 0 Å². The third kappa shape index (κ3) is 1.44. The predicted molar refractivity (Wildman–Crippen MR) is 53.5 cm³/mol. The van der Waals surface area contributed by atoms with Gasteiger partial charge in [0.15, 0.2) is 11.6 Å². The summed E-state index contributed by atoms with van der Waals surface area (Å²) in [4.78, 5) is 4.23. The lowest BCUT2D eigenvalue weighted by molar-refractivity contribution is 0.567. The first-order valence-electron chi connectivity index (χ1n) is 4.64. The standard InChI is InChI=1S/C10H13N3O/c1-2-13-4-3-12-10(13)9-5-8(6-11)7-14-9/h3-5,7H,2,6,11H2,1H3. The summed E-state index contributed by atoms with van der Waals surface area (Å²) in [6, 6.07) is 1.93. The van der Waals surface area contributed by atoms with Gasteiger partial charge in [-0.3, -0.25) is 0 Å². The molecule has 14 heavy (non-hydrogen) atoms. The summed E-state index contributed by atoms with van der Waals surface area (Å²) in [6.07, 6.45) is 5.37. The summed E-state index contributed by atoms with van der Waals surface area (Å²) in [5.74, 6) is 1.63. The molecule has 74 valence electrons. The Kier molecular flexibility index (Phi) is 2.37. The van der Waals surface area contributed by atoms with Crippen LogP contribution in [0.1, 0.15) is 12.5 Å². The van der Waals surface area contributed by atoms with Crippen molar-refractivity contribution in [2.75, 3.05) is 0 Å². The van der Waals surface area contributed by atoms with Gasteiger partial charge in [-0.05, 0) is 13.0 Å². The van der Waals surface area contributed by atoms with Crippen LogP contribution in [0, 0.1) is 0 Å². The maximum absolute atomic E-state index is 5.50. The molecule has 2 heterocycles. The fraction of sp³-hybridized carbons (Fsp3) is 0.300. The summed E-state index contributed by atoms with van der Waals surface area (Å²) < 4.78 is 7.41. The molecule has 0 saturated heterocycles. The number of nitrogens with two attached hydrogens (primary N) is 1. The number of hydrogen-bond acceptors (Lipinski definition) is 3. The Morgan fingerprint density at radius 2 is 2.43 bits per heavy atom. The van der Waals surface area contributed by atoms with Gasteiger partial charge in [-0.2, -0.15) is 0 Å². The Morgan fingerprint density at radius 3 is 3.07 bits per heavy atom. The van der Waals surface area contributed by atoms with E-state index in [1.54, 1.807) is 12.5 Å². The summed E-state index contributed by atoms with van der Waals surface area (Å²) >= 11 is 0. The van der Waals surface area contributed by atoms with Crippen molar-refractivity contribution in [2.24, 2.45) is 5.73 Å². The van der Waals surface area contributed by atoms with Gasteiger partial charge < -0.3 is 14.7 Å². The van der Waals surface area contributed by atoms with Crippen LogP contribution in [0.25, 0.3) is 11.6 Å². The maximum atomic E-state index is 5.50. The molecule has 2 N–H and O–H groups in total. The highest BCUT2D eigenvalue weighted by molar-refractivity contribution is 5.48. The largest absolute Gasteiger partial charge is 0.461 e. The molecule has 0 amide bonds. The van der Waals surface area contributed by atoms with E-state index in [1.165, 1.54) is 0 Å². The lowest BCUT2D eigenvalue weighted by atomic mass is 10.3. The Balaban J connectivity index is 2.38. The quantitative estimate of drug-likeness (QED) is 0.802. The Bertz CT molecular complexity index is 416. The zero-order valence-electron chi connectivity index (χ0n) is 8.10. The molecule has 2 rings (SSSR count). The number of rotatable bonds is 3. The molecule has 4 nitrogen and oxygen atoms in total. The minimum atomic E-state index is 0.496. The van der Waals surface area contributed by atoms with Crippen LogP contribution < -0.4 is 5.73 Å². The molecule has 0 radical (unpaired) electrons. The minimum Gasteiger partial charge on any atom is -0.461 e. The second-order valence-corrected chi connectivity index (χ2v) is 3.06. The van der Waals surface area contributed by atoms with Crippen molar-refractivity contribution in [3.63, 3.8) is 0 Å². The second-order valence-electron chi connectivity index (χ2n) is 3.06. The minimum absolute atomic E-state index is 0.496. The van der Waals surface area contributed by atoms with E-state index in [1.807, 2.05) is 16.8 Å². The van der Waals surface area contributed by atoms with Crippen LogP contribution in [0.15, 0.2) is 29.1 Å². The van der Waals surface area contributed by atoms with E-state index < -0.39 is 0 Å². The third-order valence-corrected chi connectivity index (χ3v) is 2.17. The van der Waals surface area contributed by atoms with E-state index in [2.05, 4.69) is 11.9 Å². The molecule has 0 fully saturated rings. The van der Waals surface area contributed by atoms with Crippen molar-refractivity contribution in [1.82, 2.24) is 9.55 Å². The van der Waals surface area contributed by atoms with Crippen molar-refractivity contribution in [1.29, 1.82) is 0 Å². The Hall–Kier alpha value is -1.55. The topological polar surface area (TPSA) is 57.0 Å². The predicted octanol–water partition coefficient (Wildman–Crippen LogP) is 1.62. The summed E-state index contributed by atoms with van der Waals surface area (Å²) in [7, 11) is 0. The average molecular weight is 191 g/mol. The van der Waals surface area contributed by atoms with Gasteiger partial charge in [-0.1, -0.05) is 0 Å². The van der Waals surface area contributed by atoms with Crippen molar-refractivity contribution in [2.45, 2.75) is 20.0 Å². The van der Waals surface area contributed by atoms with E-state index in [9.17, 15) is 0 Å². The van der Waals surface area contributed by atoms with Gasteiger partial charge in [0.05, 0.1) is 6.26 Å². The SMILES string of the molecule is CCn1ccnc1-c1cc(CN)co1. The first kappa shape index (κ1) is 9.02. The molecule has 0 bridgehead atoms. The number of hydrogen-bond donors (Lipinski definition) is 1. The second kappa shape index (κ2) is 3.67. The maximum Gasteiger partial charge on any atom is 0.176 e. The molecular weight excluding hydrogens is 178 g/mol. The van der Waals surface area contributed by atoms with Crippen LogP contribution in [-0.4, -0.2) is 9.55 Å². The number of aryl methyl sites for hydroxylation is 1. The van der Waals surface area contributed by atoms with Crippen LogP contribution in [-0.2, 0) is 13.1 Å². The van der Waals surface area contributed by atoms with Gasteiger partial charge >= 0.3 is 0 Å². The highest BCUT2D eigenvalue weighted by Crippen LogP contribution is 2.20. The third-order valence-electron chi connectivity index (χ3n) is 2.17. The lowest BCUT2D eigenvalue weighted by Crippen LogP contribution is -1.95. The molecule has 0 aromatic carbocycles. The highest BCUT2D eigenvalue weighted by Gasteiger charge is 2.08. The number of imidazole rings is 1. The molecule has 0 unspecified atom stereocenters. The Morgan fingerprint density at radius 1 is 1.57 bits per heavy atom. The van der Waals surface area contributed by atoms with Crippen molar-refractivity contribution >= 4 is 0 Å². The van der Waals surface area contributed by atoms with E-state index in [4.69, 9.17) is 10.2 Å². The van der Waals surface area contributed by atoms with Crippen molar-refractivity contribution in [3.8, 4) is 11.6 Å². The first-order chi connectivity index (χ1) is 6.85. The van der Waals surface area contributed by atoms with Gasteiger partial charge in [-0.15, -0.1) is 0 Å². The number of nitrogens with zero attached hydrogens (tertiary/aromatic N) is 2. The zero-order valence-corrected chi connectivity index (χ0v) is 8.10. The molecule has 4 heteroatoms. The smallest absolute Gasteiger partial charge is 0.176 e. The molecule has 0 aliphatic heterocycles. The molecule has 2 aromatic rings. The number of furan rings is 1. The fourth-order valence-electron chi connectivity index (χ4n) is 1.39. The van der Waals surface area contributed by atoms with Gasteiger partial charge in [0, 0.05) is 31.0 Å². The van der Waals surface area contributed by atoms with Gasteiger partial charge in [-0.25, -0.2) is 4.98 Å². The van der Waals surface area contributed by atoms with Crippen LogP contribution in [0.2, 0.25) is 0 Å². The van der Waals surface area contributed by atoms with E-state index in [-0.39, 0.29) is 0 Å². The summed E-state index contributed by atoms with van der Waals surface area (Å²) in [5, 5.41) is 0. The molecule has 0 saturated carbocycles. The monoisotopic (exact) mass is 191 g/mol. The van der Waals surface area contributed by atoms with Crippen LogP contribution >= 0.6 is 0 Å². The summed E-state index contributed by atoms with van der Waals surface area (Å²) in [5.41, 5.74) is 6.49. The van der Waals surface area contributed by atoms with Gasteiger partial charge in [0.25, 0.3) is 0 Å². The molecule has 0 atom stereocenters. The first-order valence-corrected chi connectivity index (χ1v) is 4.64. The van der Waals surface area contributed by atoms with E-state index >= 15 is 0 Å². The van der Waals surface area contributed by atoms with Crippen LogP contribution in [0.4, 0.5) is 0 Å². The van der Waals surface area contributed by atoms with Crippen molar-refractivity contribution < 1.29 is 4.42 Å². The van der Waals surface area contributed by atoms with Gasteiger partial charge in [0.2, 0.25) is 0 Å². The average Bonchev–Trinajstić information content (AvgIpc) is 2.85. The van der Waals surface area contributed by atoms with Crippen LogP contribution in [0.5, 0.6) is 0 Å². The molecule has 0 aliphatic rings. The zero-order chi connectivity index (χ0) is 9.97. The van der Waals surface area contributed by atoms with E-state index in [0.29, 0.717) is 6.54 Å². The highest BCUT2D eigenvalue weighted by atomic mass is 16.3. The van der Waals surface area contributed by atoms with Gasteiger partial charge in [0.1, 0.15) is 0 Å².